The number of amides is 1. The van der Waals surface area contributed by atoms with E-state index < -0.39 is 0 Å². The van der Waals surface area contributed by atoms with Crippen molar-refractivity contribution in [1.82, 2.24) is 9.80 Å². The van der Waals surface area contributed by atoms with Crippen LogP contribution in [0.5, 0.6) is 17.2 Å². The molecule has 28 heavy (non-hydrogen) atoms. The van der Waals surface area contributed by atoms with Gasteiger partial charge in [0.25, 0.3) is 5.91 Å². The first-order valence-corrected chi connectivity index (χ1v) is 9.66. The lowest BCUT2D eigenvalue weighted by Crippen LogP contribution is -2.49. The zero-order valence-corrected chi connectivity index (χ0v) is 16.6. The smallest absolute Gasteiger partial charge is 0.260 e. The van der Waals surface area contributed by atoms with Crippen molar-refractivity contribution in [3.05, 3.63) is 54.1 Å². The number of nitrogens with zero attached hydrogens (tertiary/aromatic N) is 2. The fourth-order valence-corrected chi connectivity index (χ4v) is 3.18. The topological polar surface area (TPSA) is 51.2 Å². The summed E-state index contributed by atoms with van der Waals surface area (Å²) in [5, 5.41) is 0. The van der Waals surface area contributed by atoms with E-state index in [9.17, 15) is 4.79 Å². The molecule has 6 nitrogen and oxygen atoms in total. The predicted octanol–water partition coefficient (Wildman–Crippen LogP) is 2.82. The Morgan fingerprint density at radius 1 is 0.857 bits per heavy atom. The van der Waals surface area contributed by atoms with Gasteiger partial charge in [0.1, 0.15) is 17.2 Å². The molecule has 1 aliphatic rings. The van der Waals surface area contributed by atoms with Gasteiger partial charge in [0, 0.05) is 32.7 Å². The van der Waals surface area contributed by atoms with Crippen LogP contribution in [-0.4, -0.2) is 62.2 Å². The third kappa shape index (κ3) is 5.63. The molecule has 0 aromatic heterocycles. The average molecular weight is 384 g/mol. The van der Waals surface area contributed by atoms with Crippen LogP contribution in [0.2, 0.25) is 0 Å². The lowest BCUT2D eigenvalue weighted by molar-refractivity contribution is -0.135. The van der Waals surface area contributed by atoms with Crippen LogP contribution in [0.3, 0.4) is 0 Å². The van der Waals surface area contributed by atoms with Gasteiger partial charge in [0.05, 0.1) is 13.7 Å². The van der Waals surface area contributed by atoms with Crippen molar-refractivity contribution < 1.29 is 19.0 Å². The Morgan fingerprint density at radius 3 is 2.04 bits per heavy atom. The van der Waals surface area contributed by atoms with Crippen molar-refractivity contribution in [1.29, 1.82) is 0 Å². The summed E-state index contributed by atoms with van der Waals surface area (Å²) >= 11 is 0. The van der Waals surface area contributed by atoms with Gasteiger partial charge in [-0.05, 0) is 48.9 Å². The molecule has 0 unspecified atom stereocenters. The van der Waals surface area contributed by atoms with Gasteiger partial charge in [-0.25, -0.2) is 0 Å². The summed E-state index contributed by atoms with van der Waals surface area (Å²) < 4.78 is 16.2. The van der Waals surface area contributed by atoms with Crippen LogP contribution in [0.25, 0.3) is 0 Å². The van der Waals surface area contributed by atoms with Gasteiger partial charge >= 0.3 is 0 Å². The van der Waals surface area contributed by atoms with Crippen molar-refractivity contribution >= 4 is 5.91 Å². The van der Waals surface area contributed by atoms with Crippen LogP contribution in [0.1, 0.15) is 12.5 Å². The molecule has 1 amide bonds. The highest BCUT2D eigenvalue weighted by atomic mass is 16.5. The third-order valence-electron chi connectivity index (χ3n) is 4.79. The second kappa shape index (κ2) is 9.99. The SMILES string of the molecule is CCOc1ccc(CN2CCN(C(=O)COc3ccc(OC)cc3)CC2)cc1. The first-order chi connectivity index (χ1) is 13.7. The summed E-state index contributed by atoms with van der Waals surface area (Å²) in [5.74, 6) is 2.36. The lowest BCUT2D eigenvalue weighted by Gasteiger charge is -2.34. The number of ether oxygens (including phenoxy) is 3. The fraction of sp³-hybridized carbons (Fsp3) is 0.409. The van der Waals surface area contributed by atoms with Crippen LogP contribution in [0.4, 0.5) is 0 Å². The number of methoxy groups -OCH3 is 1. The van der Waals surface area contributed by atoms with Crippen LogP contribution in [-0.2, 0) is 11.3 Å². The Hall–Kier alpha value is -2.73. The van der Waals surface area contributed by atoms with Gasteiger partial charge in [-0.1, -0.05) is 12.1 Å². The first-order valence-electron chi connectivity index (χ1n) is 9.66. The molecule has 2 aromatic rings. The maximum absolute atomic E-state index is 12.4. The predicted molar refractivity (Wildman–Crippen MR) is 108 cm³/mol. The van der Waals surface area contributed by atoms with Gasteiger partial charge < -0.3 is 19.1 Å². The molecule has 3 rings (SSSR count). The molecular weight excluding hydrogens is 356 g/mol. The van der Waals surface area contributed by atoms with E-state index in [1.54, 1.807) is 19.2 Å². The highest BCUT2D eigenvalue weighted by molar-refractivity contribution is 5.77. The highest BCUT2D eigenvalue weighted by Crippen LogP contribution is 2.17. The molecule has 0 aliphatic carbocycles. The molecule has 2 aromatic carbocycles. The standard InChI is InChI=1S/C22H28N2O4/c1-3-27-20-6-4-18(5-7-20)16-23-12-14-24(15-13-23)22(25)17-28-21-10-8-19(26-2)9-11-21/h4-11H,3,12-17H2,1-2H3. The van der Waals surface area contributed by atoms with E-state index in [0.29, 0.717) is 12.4 Å². The van der Waals surface area contributed by atoms with Crippen LogP contribution >= 0.6 is 0 Å². The molecule has 0 N–H and O–H groups in total. The molecule has 0 spiro atoms. The summed E-state index contributed by atoms with van der Waals surface area (Å²) in [6.07, 6.45) is 0. The second-order valence-corrected chi connectivity index (χ2v) is 6.70. The normalized spacial score (nSPS) is 14.6. The monoisotopic (exact) mass is 384 g/mol. The quantitative estimate of drug-likeness (QED) is 0.701. The number of rotatable bonds is 8. The lowest BCUT2D eigenvalue weighted by atomic mass is 10.2. The summed E-state index contributed by atoms with van der Waals surface area (Å²) in [6, 6.07) is 15.5. The van der Waals surface area contributed by atoms with Gasteiger partial charge in [0.15, 0.2) is 6.61 Å². The van der Waals surface area contributed by atoms with E-state index in [2.05, 4.69) is 17.0 Å². The molecule has 0 radical (unpaired) electrons. The number of hydrogen-bond donors (Lipinski definition) is 0. The Bertz CT molecular complexity index is 738. The summed E-state index contributed by atoms with van der Waals surface area (Å²) in [5.41, 5.74) is 1.26. The van der Waals surface area contributed by atoms with Gasteiger partial charge in [-0.2, -0.15) is 0 Å². The van der Waals surface area contributed by atoms with E-state index in [0.717, 1.165) is 44.2 Å². The van der Waals surface area contributed by atoms with E-state index in [1.165, 1.54) is 5.56 Å². The number of carbonyl (C=O) groups is 1. The maximum atomic E-state index is 12.4. The van der Waals surface area contributed by atoms with Crippen molar-refractivity contribution in [2.75, 3.05) is 46.5 Å². The number of benzene rings is 2. The molecule has 1 heterocycles. The minimum absolute atomic E-state index is 0.0246. The minimum Gasteiger partial charge on any atom is -0.497 e. The van der Waals surface area contributed by atoms with Gasteiger partial charge in [-0.15, -0.1) is 0 Å². The summed E-state index contributed by atoms with van der Waals surface area (Å²) in [7, 11) is 1.62. The highest BCUT2D eigenvalue weighted by Gasteiger charge is 2.21. The molecule has 0 bridgehead atoms. The van der Waals surface area contributed by atoms with Crippen LogP contribution in [0.15, 0.2) is 48.5 Å². The van der Waals surface area contributed by atoms with Crippen molar-refractivity contribution in [3.8, 4) is 17.2 Å². The molecule has 0 atom stereocenters. The molecule has 150 valence electrons. The average Bonchev–Trinajstić information content (AvgIpc) is 2.74. The molecule has 1 fully saturated rings. The fourth-order valence-electron chi connectivity index (χ4n) is 3.18. The number of carbonyl (C=O) groups excluding carboxylic acids is 1. The van der Waals surface area contributed by atoms with Crippen molar-refractivity contribution in [2.45, 2.75) is 13.5 Å². The molecule has 1 saturated heterocycles. The van der Waals surface area contributed by atoms with Crippen LogP contribution < -0.4 is 14.2 Å². The van der Waals surface area contributed by atoms with E-state index >= 15 is 0 Å². The zero-order valence-electron chi connectivity index (χ0n) is 16.6. The number of hydrogen-bond acceptors (Lipinski definition) is 5. The Labute approximate surface area is 166 Å². The first kappa shape index (κ1) is 20.0. The molecule has 1 aliphatic heterocycles. The molecular formula is C22H28N2O4. The second-order valence-electron chi connectivity index (χ2n) is 6.70. The third-order valence-corrected chi connectivity index (χ3v) is 4.79. The zero-order chi connectivity index (χ0) is 19.8. The minimum atomic E-state index is 0.0246. The Kier molecular flexibility index (Phi) is 7.14. The number of piperazine rings is 1. The Morgan fingerprint density at radius 2 is 1.43 bits per heavy atom. The van der Waals surface area contributed by atoms with Crippen LogP contribution in [0, 0.1) is 0 Å². The van der Waals surface area contributed by atoms with E-state index in [1.807, 2.05) is 36.1 Å². The summed E-state index contributed by atoms with van der Waals surface area (Å²) in [4.78, 5) is 16.6. The van der Waals surface area contributed by atoms with Crippen molar-refractivity contribution in [2.24, 2.45) is 0 Å². The molecule has 6 heteroatoms. The van der Waals surface area contributed by atoms with E-state index in [-0.39, 0.29) is 12.5 Å². The summed E-state index contributed by atoms with van der Waals surface area (Å²) in [6.45, 7) is 6.78. The maximum Gasteiger partial charge on any atom is 0.260 e. The van der Waals surface area contributed by atoms with E-state index in [4.69, 9.17) is 14.2 Å². The van der Waals surface area contributed by atoms with Gasteiger partial charge in [-0.3, -0.25) is 9.69 Å². The Balaban J connectivity index is 1.40. The largest absolute Gasteiger partial charge is 0.497 e. The van der Waals surface area contributed by atoms with Gasteiger partial charge in [0.2, 0.25) is 0 Å². The molecule has 0 saturated carbocycles. The van der Waals surface area contributed by atoms with Crippen molar-refractivity contribution in [3.63, 3.8) is 0 Å².